The molecule has 2 nitrogen and oxygen atoms in total. The molecule has 0 heterocycles. The summed E-state index contributed by atoms with van der Waals surface area (Å²) in [6.07, 6.45) is 0. The van der Waals surface area contributed by atoms with E-state index in [9.17, 15) is 4.79 Å². The van der Waals surface area contributed by atoms with E-state index >= 15 is 0 Å². The molecule has 40 valence electrons. The Morgan fingerprint density at radius 2 is 2.00 bits per heavy atom. The van der Waals surface area contributed by atoms with Crippen LogP contribution in [0.15, 0.2) is 0 Å². The minimum atomic E-state index is -0.824. The maximum atomic E-state index is 9.65. The molecule has 7 heavy (non-hydrogen) atoms. The Labute approximate surface area is 90.9 Å². The van der Waals surface area contributed by atoms with Gasteiger partial charge in [-0.25, -0.2) is 0 Å². The SMILES string of the molecule is CC(Br)C(=O)O.[BaH2]. The zero-order valence-electron chi connectivity index (χ0n) is 3.31. The number of aliphatic carboxylic acids is 1. The van der Waals surface area contributed by atoms with E-state index in [0.29, 0.717) is 0 Å². The summed E-state index contributed by atoms with van der Waals surface area (Å²) < 4.78 is 0. The Morgan fingerprint density at radius 3 is 2.00 bits per heavy atom. The van der Waals surface area contributed by atoms with Gasteiger partial charge < -0.3 is 5.11 Å². The van der Waals surface area contributed by atoms with Crippen LogP contribution in [0.2, 0.25) is 0 Å². The standard InChI is InChI=1S/C3H5BrO2.Ba.2H/c1-2(4)3(5)6;;;/h2H,1H3,(H,5,6);;;. The van der Waals surface area contributed by atoms with Gasteiger partial charge in [-0.05, 0) is 6.92 Å². The van der Waals surface area contributed by atoms with E-state index in [2.05, 4.69) is 15.9 Å². The first kappa shape index (κ1) is 11.3. The summed E-state index contributed by atoms with van der Waals surface area (Å²) in [5.41, 5.74) is 0. The molecular weight excluding hydrogens is 285 g/mol. The zero-order chi connectivity index (χ0) is 5.15. The molecule has 0 saturated carbocycles. The van der Waals surface area contributed by atoms with Crippen molar-refractivity contribution in [2.24, 2.45) is 0 Å². The van der Waals surface area contributed by atoms with Gasteiger partial charge in [-0.1, -0.05) is 15.9 Å². The van der Waals surface area contributed by atoms with Gasteiger partial charge in [0, 0.05) is 0 Å². The second-order valence-electron chi connectivity index (χ2n) is 0.954. The Hall–Kier alpha value is 1.52. The van der Waals surface area contributed by atoms with Crippen LogP contribution in [-0.4, -0.2) is 64.8 Å². The van der Waals surface area contributed by atoms with E-state index in [1.165, 1.54) is 0 Å². The summed E-state index contributed by atoms with van der Waals surface area (Å²) in [6.45, 7) is 1.56. The van der Waals surface area contributed by atoms with Gasteiger partial charge >= 0.3 is 54.9 Å². The molecule has 0 spiro atoms. The van der Waals surface area contributed by atoms with E-state index in [4.69, 9.17) is 5.11 Å². The summed E-state index contributed by atoms with van der Waals surface area (Å²) in [7, 11) is 0. The van der Waals surface area contributed by atoms with Gasteiger partial charge in [0.1, 0.15) is 4.83 Å². The van der Waals surface area contributed by atoms with Gasteiger partial charge in [-0.15, -0.1) is 0 Å². The molecule has 0 aliphatic rings. The van der Waals surface area contributed by atoms with E-state index in [1.54, 1.807) is 6.92 Å². The summed E-state index contributed by atoms with van der Waals surface area (Å²) in [5.74, 6) is -0.824. The van der Waals surface area contributed by atoms with Crippen molar-refractivity contribution in [3.63, 3.8) is 0 Å². The van der Waals surface area contributed by atoms with Crippen molar-refractivity contribution in [2.75, 3.05) is 0 Å². The average Bonchev–Trinajstić information content (AvgIpc) is 1.36. The van der Waals surface area contributed by atoms with Crippen LogP contribution in [0, 0.1) is 0 Å². The maximum absolute atomic E-state index is 9.65. The second kappa shape index (κ2) is 5.65. The number of alkyl halides is 1. The molecule has 1 N–H and O–H groups in total. The minimum absolute atomic E-state index is 0. The fraction of sp³-hybridized carbons (Fsp3) is 0.667. The van der Waals surface area contributed by atoms with Crippen LogP contribution in [0.5, 0.6) is 0 Å². The molecule has 0 aliphatic heterocycles. The third-order valence-electron chi connectivity index (χ3n) is 0.340. The van der Waals surface area contributed by atoms with Crippen molar-refractivity contribution in [3.05, 3.63) is 0 Å². The van der Waals surface area contributed by atoms with Crippen molar-refractivity contribution in [1.82, 2.24) is 0 Å². The molecular formula is C3H7BaBrO2. The van der Waals surface area contributed by atoms with Crippen molar-refractivity contribution in [3.8, 4) is 0 Å². The van der Waals surface area contributed by atoms with E-state index in [0.717, 1.165) is 0 Å². The van der Waals surface area contributed by atoms with Gasteiger partial charge in [-0.2, -0.15) is 0 Å². The van der Waals surface area contributed by atoms with Gasteiger partial charge in [0.05, 0.1) is 0 Å². The summed E-state index contributed by atoms with van der Waals surface area (Å²) >= 11 is 2.84. The van der Waals surface area contributed by atoms with Gasteiger partial charge in [0.2, 0.25) is 0 Å². The zero-order valence-corrected chi connectivity index (χ0v) is 4.90. The van der Waals surface area contributed by atoms with Crippen LogP contribution in [-0.2, 0) is 4.79 Å². The van der Waals surface area contributed by atoms with Crippen molar-refractivity contribution in [2.45, 2.75) is 11.8 Å². The first-order valence-corrected chi connectivity index (χ1v) is 2.43. The molecule has 0 saturated heterocycles. The number of carboxylic acid groups (broad SMARTS) is 1. The molecule has 0 radical (unpaired) electrons. The first-order valence-electron chi connectivity index (χ1n) is 1.51. The van der Waals surface area contributed by atoms with Crippen molar-refractivity contribution in [1.29, 1.82) is 0 Å². The number of carbonyl (C=O) groups is 1. The molecule has 0 amide bonds. The molecule has 0 fully saturated rings. The topological polar surface area (TPSA) is 37.3 Å². The summed E-state index contributed by atoms with van der Waals surface area (Å²) in [5, 5.41) is 7.94. The van der Waals surface area contributed by atoms with Gasteiger partial charge in [0.15, 0.2) is 0 Å². The molecule has 0 aromatic heterocycles. The Balaban J connectivity index is 0. The predicted molar refractivity (Wildman–Crippen MR) is 34.6 cm³/mol. The monoisotopic (exact) mass is 292 g/mol. The first-order chi connectivity index (χ1) is 2.64. The Kier molecular flexibility index (Phi) is 9.16. The molecule has 1 atom stereocenters. The van der Waals surface area contributed by atoms with E-state index < -0.39 is 10.8 Å². The molecule has 1 unspecified atom stereocenters. The molecule has 0 aromatic rings. The number of hydrogen-bond acceptors (Lipinski definition) is 1. The molecule has 0 rings (SSSR count). The number of halogens is 1. The normalized spacial score (nSPS) is 11.7. The Morgan fingerprint density at radius 1 is 1.86 bits per heavy atom. The number of rotatable bonds is 1. The fourth-order valence-electron chi connectivity index (χ4n) is 0. The average molecular weight is 292 g/mol. The van der Waals surface area contributed by atoms with E-state index in [-0.39, 0.29) is 48.9 Å². The predicted octanol–water partition coefficient (Wildman–Crippen LogP) is -0.0618. The third kappa shape index (κ3) is 7.52. The molecule has 4 heteroatoms. The number of carboxylic acids is 1. The molecule has 0 aliphatic carbocycles. The van der Waals surface area contributed by atoms with Crippen molar-refractivity contribution >= 4 is 70.8 Å². The summed E-state index contributed by atoms with van der Waals surface area (Å²) in [4.78, 5) is 9.23. The summed E-state index contributed by atoms with van der Waals surface area (Å²) in [6, 6.07) is 0. The van der Waals surface area contributed by atoms with Crippen LogP contribution < -0.4 is 0 Å². The van der Waals surface area contributed by atoms with Crippen LogP contribution >= 0.6 is 15.9 Å². The van der Waals surface area contributed by atoms with Crippen LogP contribution in [0.25, 0.3) is 0 Å². The second-order valence-corrected chi connectivity index (χ2v) is 2.33. The van der Waals surface area contributed by atoms with Crippen molar-refractivity contribution < 1.29 is 9.90 Å². The fourth-order valence-corrected chi connectivity index (χ4v) is 0. The Bertz CT molecular complexity index is 64.0. The van der Waals surface area contributed by atoms with Crippen LogP contribution in [0.4, 0.5) is 0 Å². The quantitative estimate of drug-likeness (QED) is 0.543. The van der Waals surface area contributed by atoms with E-state index in [1.807, 2.05) is 0 Å². The van der Waals surface area contributed by atoms with Gasteiger partial charge in [0.25, 0.3) is 0 Å². The van der Waals surface area contributed by atoms with Crippen LogP contribution in [0.1, 0.15) is 6.92 Å². The van der Waals surface area contributed by atoms with Crippen LogP contribution in [0.3, 0.4) is 0 Å². The van der Waals surface area contributed by atoms with Gasteiger partial charge in [-0.3, -0.25) is 4.79 Å². The molecule has 0 bridgehead atoms. The third-order valence-corrected chi connectivity index (χ3v) is 0.732. The molecule has 0 aromatic carbocycles. The number of hydrogen-bond donors (Lipinski definition) is 1.